The topological polar surface area (TPSA) is 93.8 Å². The predicted molar refractivity (Wildman–Crippen MR) is 152 cm³/mol. The second-order valence-corrected chi connectivity index (χ2v) is 10.1. The van der Waals surface area contributed by atoms with Crippen LogP contribution < -0.4 is 21.8 Å². The number of nitrogens with one attached hydrogen (secondary N) is 2. The number of benzene rings is 2. The Labute approximate surface area is 219 Å². The summed E-state index contributed by atoms with van der Waals surface area (Å²) in [5.41, 5.74) is 2.71. The van der Waals surface area contributed by atoms with Gasteiger partial charge in [0.25, 0.3) is 11.1 Å². The normalized spacial score (nSPS) is 11.2. The van der Waals surface area contributed by atoms with E-state index >= 15 is 0 Å². The predicted octanol–water partition coefficient (Wildman–Crippen LogP) is 5.12. The Morgan fingerprint density at radius 1 is 0.622 bits per heavy atom. The first-order valence-electron chi connectivity index (χ1n) is 11.8. The highest BCUT2D eigenvalue weighted by Crippen LogP contribution is 2.21. The van der Waals surface area contributed by atoms with E-state index in [2.05, 4.69) is 10.6 Å². The molecule has 4 heterocycles. The number of rotatable bonds is 8. The number of nitrogens with zero attached hydrogens (tertiary/aromatic N) is 4. The van der Waals surface area contributed by atoms with E-state index in [0.29, 0.717) is 51.8 Å². The molecule has 0 unspecified atom stereocenters. The highest BCUT2D eigenvalue weighted by atomic mass is 32.1. The first kappa shape index (κ1) is 23.1. The van der Waals surface area contributed by atoms with Gasteiger partial charge >= 0.3 is 0 Å². The van der Waals surface area contributed by atoms with Crippen LogP contribution in [0.4, 0.5) is 11.9 Å². The zero-order valence-electron chi connectivity index (χ0n) is 19.6. The van der Waals surface area contributed by atoms with Gasteiger partial charge in [-0.1, -0.05) is 36.4 Å². The van der Waals surface area contributed by atoms with Crippen molar-refractivity contribution in [3.05, 3.63) is 104 Å². The summed E-state index contributed by atoms with van der Waals surface area (Å²) in [7, 11) is 0. The van der Waals surface area contributed by atoms with Gasteiger partial charge in [0.2, 0.25) is 11.9 Å². The van der Waals surface area contributed by atoms with Gasteiger partial charge in [0, 0.05) is 13.1 Å². The Morgan fingerprint density at radius 3 is 1.49 bits per heavy atom. The maximum Gasteiger partial charge on any atom is 0.277 e. The van der Waals surface area contributed by atoms with Gasteiger partial charge in [-0.15, -0.1) is 22.7 Å². The van der Waals surface area contributed by atoms with Crippen LogP contribution >= 0.6 is 22.7 Å². The molecule has 0 aliphatic rings. The minimum absolute atomic E-state index is 0.0908. The molecule has 37 heavy (non-hydrogen) atoms. The number of fused-ring (bicyclic) bond motifs is 2. The molecular weight excluding hydrogens is 504 g/mol. The van der Waals surface area contributed by atoms with Crippen LogP contribution in [0.2, 0.25) is 0 Å². The van der Waals surface area contributed by atoms with Gasteiger partial charge in [0.15, 0.2) is 0 Å². The van der Waals surface area contributed by atoms with Gasteiger partial charge in [-0.05, 0) is 53.6 Å². The Hall–Kier alpha value is -4.28. The van der Waals surface area contributed by atoms with E-state index in [4.69, 9.17) is 9.97 Å². The Kier molecular flexibility index (Phi) is 6.25. The average Bonchev–Trinajstić information content (AvgIpc) is 3.60. The lowest BCUT2D eigenvalue weighted by molar-refractivity contribution is 0.853. The summed E-state index contributed by atoms with van der Waals surface area (Å²) >= 11 is 2.79. The minimum atomic E-state index is -0.0908. The van der Waals surface area contributed by atoms with E-state index in [0.717, 1.165) is 11.4 Å². The number of thiophene rings is 2. The molecular formula is C27H22N6O2S2. The van der Waals surface area contributed by atoms with Gasteiger partial charge in [0.05, 0.1) is 22.4 Å². The van der Waals surface area contributed by atoms with Gasteiger partial charge in [-0.25, -0.2) is 19.1 Å². The molecule has 184 valence electrons. The van der Waals surface area contributed by atoms with Crippen molar-refractivity contribution in [3.63, 3.8) is 0 Å². The highest BCUT2D eigenvalue weighted by molar-refractivity contribution is 7.17. The molecule has 6 rings (SSSR count). The molecule has 0 aliphatic heterocycles. The van der Waals surface area contributed by atoms with Gasteiger partial charge in [-0.3, -0.25) is 9.59 Å². The fraction of sp³-hybridized carbons (Fsp3) is 0.111. The largest absolute Gasteiger partial charge is 0.355 e. The standard InChI is InChI=1S/C27H22N6O2S2/c34-24-22-20(12-16-36-22)30-26(32(24)18-8-3-1-4-9-18)28-14-7-15-29-27-31-21-13-17-37-23(21)25(35)33(27)19-10-5-2-6-11-19/h1-6,8-13,16-17H,7,14-15H2,(H,28,30)(H,29,31). The molecule has 2 aromatic carbocycles. The number of para-hydroxylation sites is 2. The molecule has 6 aromatic rings. The van der Waals surface area contributed by atoms with Crippen LogP contribution in [0.1, 0.15) is 6.42 Å². The van der Waals surface area contributed by atoms with Gasteiger partial charge in [0.1, 0.15) is 9.40 Å². The molecule has 4 aromatic heterocycles. The van der Waals surface area contributed by atoms with Crippen molar-refractivity contribution in [1.29, 1.82) is 0 Å². The summed E-state index contributed by atoms with van der Waals surface area (Å²) in [5, 5.41) is 10.4. The zero-order chi connectivity index (χ0) is 25.2. The summed E-state index contributed by atoms with van der Waals surface area (Å²) in [6.07, 6.45) is 0.707. The van der Waals surface area contributed by atoms with Crippen molar-refractivity contribution in [2.75, 3.05) is 23.7 Å². The van der Waals surface area contributed by atoms with Crippen molar-refractivity contribution in [1.82, 2.24) is 19.1 Å². The van der Waals surface area contributed by atoms with E-state index < -0.39 is 0 Å². The SMILES string of the molecule is O=c1c2sccc2nc(NCCCNc2nc3ccsc3c(=O)n2-c2ccccc2)n1-c1ccccc1. The Morgan fingerprint density at radius 2 is 1.05 bits per heavy atom. The third kappa shape index (κ3) is 4.41. The maximum atomic E-state index is 13.2. The molecule has 0 spiro atoms. The summed E-state index contributed by atoms with van der Waals surface area (Å²) < 4.78 is 4.49. The first-order valence-corrected chi connectivity index (χ1v) is 13.6. The van der Waals surface area contributed by atoms with Crippen LogP contribution in [-0.2, 0) is 0 Å². The van der Waals surface area contributed by atoms with E-state index in [1.54, 1.807) is 9.13 Å². The Balaban J connectivity index is 1.22. The molecule has 0 bridgehead atoms. The Bertz CT molecular complexity index is 1670. The fourth-order valence-electron chi connectivity index (χ4n) is 4.18. The van der Waals surface area contributed by atoms with E-state index in [-0.39, 0.29) is 11.1 Å². The van der Waals surface area contributed by atoms with Crippen molar-refractivity contribution in [2.24, 2.45) is 0 Å². The van der Waals surface area contributed by atoms with Gasteiger partial charge in [-0.2, -0.15) is 0 Å². The molecule has 0 fully saturated rings. The molecule has 0 amide bonds. The molecule has 2 N–H and O–H groups in total. The van der Waals surface area contributed by atoms with Crippen LogP contribution in [0, 0.1) is 0 Å². The van der Waals surface area contributed by atoms with Crippen molar-refractivity contribution >= 4 is 55.0 Å². The van der Waals surface area contributed by atoms with Crippen LogP contribution in [0.15, 0.2) is 93.1 Å². The summed E-state index contributed by atoms with van der Waals surface area (Å²) in [6, 6.07) is 22.7. The number of aromatic nitrogens is 4. The molecule has 0 saturated heterocycles. The van der Waals surface area contributed by atoms with Crippen LogP contribution in [-0.4, -0.2) is 32.2 Å². The minimum Gasteiger partial charge on any atom is -0.355 e. The molecule has 0 aliphatic carbocycles. The molecule has 8 nitrogen and oxygen atoms in total. The molecule has 0 atom stereocenters. The summed E-state index contributed by atoms with van der Waals surface area (Å²) in [5.74, 6) is 1.00. The van der Waals surface area contributed by atoms with E-state index in [9.17, 15) is 9.59 Å². The summed E-state index contributed by atoms with van der Waals surface area (Å²) in [4.78, 5) is 35.8. The second kappa shape index (κ2) is 10.00. The molecule has 10 heteroatoms. The van der Waals surface area contributed by atoms with Crippen molar-refractivity contribution in [3.8, 4) is 11.4 Å². The second-order valence-electron chi connectivity index (χ2n) is 8.30. The fourth-order valence-corrected chi connectivity index (χ4v) is 5.70. The smallest absolute Gasteiger partial charge is 0.277 e. The first-order chi connectivity index (χ1) is 18.2. The van der Waals surface area contributed by atoms with E-state index in [1.165, 1.54) is 22.7 Å². The zero-order valence-corrected chi connectivity index (χ0v) is 21.3. The van der Waals surface area contributed by atoms with Crippen LogP contribution in [0.3, 0.4) is 0 Å². The third-order valence-electron chi connectivity index (χ3n) is 5.91. The number of hydrogen-bond acceptors (Lipinski definition) is 8. The van der Waals surface area contributed by atoms with Crippen molar-refractivity contribution < 1.29 is 0 Å². The van der Waals surface area contributed by atoms with Gasteiger partial charge < -0.3 is 10.6 Å². The number of anilines is 2. The quantitative estimate of drug-likeness (QED) is 0.267. The maximum absolute atomic E-state index is 13.2. The average molecular weight is 527 g/mol. The van der Waals surface area contributed by atoms with Crippen LogP contribution in [0.25, 0.3) is 31.8 Å². The molecule has 0 radical (unpaired) electrons. The van der Waals surface area contributed by atoms with Crippen LogP contribution in [0.5, 0.6) is 0 Å². The third-order valence-corrected chi connectivity index (χ3v) is 7.69. The monoisotopic (exact) mass is 526 g/mol. The number of hydrogen-bond donors (Lipinski definition) is 2. The lowest BCUT2D eigenvalue weighted by atomic mass is 10.3. The van der Waals surface area contributed by atoms with Crippen molar-refractivity contribution in [2.45, 2.75) is 6.42 Å². The summed E-state index contributed by atoms with van der Waals surface area (Å²) in [6.45, 7) is 1.14. The lowest BCUT2D eigenvalue weighted by Gasteiger charge is -2.15. The highest BCUT2D eigenvalue weighted by Gasteiger charge is 2.15. The molecule has 0 saturated carbocycles. The lowest BCUT2D eigenvalue weighted by Crippen LogP contribution is -2.25. The van der Waals surface area contributed by atoms with E-state index in [1.807, 2.05) is 83.6 Å².